The van der Waals surface area contributed by atoms with Crippen molar-refractivity contribution >= 4 is 64.0 Å². The molecule has 0 spiro atoms. The van der Waals surface area contributed by atoms with Crippen LogP contribution in [0.5, 0.6) is 0 Å². The molecule has 2 aliphatic rings. The number of aliphatic imine (C=N–C) groups is 1. The van der Waals surface area contributed by atoms with E-state index in [1.165, 1.54) is 26.7 Å². The fraction of sp³-hybridized carbons (Fsp3) is 0.238. The number of nitriles is 1. The van der Waals surface area contributed by atoms with Crippen LogP contribution in [0.2, 0.25) is 0 Å². The highest BCUT2D eigenvalue weighted by molar-refractivity contribution is 6.07. The Morgan fingerprint density at radius 2 is 1.51 bits per heavy atom. The van der Waals surface area contributed by atoms with Gasteiger partial charge in [-0.3, -0.25) is 19.0 Å². The van der Waals surface area contributed by atoms with Crippen molar-refractivity contribution < 1.29 is 28.0 Å². The van der Waals surface area contributed by atoms with Crippen molar-refractivity contribution in [1.29, 1.82) is 5.26 Å². The fourth-order valence-electron chi connectivity index (χ4n) is 7.02. The molecule has 2 fully saturated rings. The third kappa shape index (κ3) is 8.36. The lowest BCUT2D eigenvalue weighted by Gasteiger charge is -2.48. The maximum absolute atomic E-state index is 14.2. The molecule has 61 heavy (non-hydrogen) atoms. The van der Waals surface area contributed by atoms with E-state index in [0.717, 1.165) is 17.7 Å². The maximum Gasteiger partial charge on any atom is 0.322 e. The second-order valence-electron chi connectivity index (χ2n) is 15.1. The molecule has 2 aliphatic heterocycles. The largest absolute Gasteiger partial charge is 0.365 e. The van der Waals surface area contributed by atoms with E-state index in [-0.39, 0.29) is 67.1 Å². The predicted molar refractivity (Wildman–Crippen MR) is 224 cm³/mol. The van der Waals surface area contributed by atoms with Crippen LogP contribution >= 0.6 is 0 Å². The van der Waals surface area contributed by atoms with E-state index >= 15 is 0 Å². The molecule has 19 heteroatoms. The number of rotatable bonds is 12. The van der Waals surface area contributed by atoms with Gasteiger partial charge >= 0.3 is 12.1 Å². The summed E-state index contributed by atoms with van der Waals surface area (Å²) in [6.45, 7) is 9.84. The minimum Gasteiger partial charge on any atom is -0.365 e. The molecule has 17 nitrogen and oxygen atoms in total. The maximum atomic E-state index is 14.2. The highest BCUT2D eigenvalue weighted by atomic mass is 19.1. The summed E-state index contributed by atoms with van der Waals surface area (Å²) in [5.74, 6) is -2.68. The Morgan fingerprint density at radius 3 is 2.13 bits per heavy atom. The van der Waals surface area contributed by atoms with Crippen LogP contribution in [-0.2, 0) is 11.1 Å². The fourth-order valence-corrected chi connectivity index (χ4v) is 7.02. The number of hydrogen-bond donors (Lipinski definition) is 5. The zero-order chi connectivity index (χ0) is 43.6. The first-order valence-electron chi connectivity index (χ1n) is 19.0. The number of amides is 6. The van der Waals surface area contributed by atoms with Crippen molar-refractivity contribution in [3.8, 4) is 6.07 Å². The summed E-state index contributed by atoms with van der Waals surface area (Å²) >= 11 is 0. The van der Waals surface area contributed by atoms with Crippen LogP contribution < -0.4 is 27.0 Å². The van der Waals surface area contributed by atoms with Crippen molar-refractivity contribution in [1.82, 2.24) is 29.4 Å². The predicted octanol–water partition coefficient (Wildman–Crippen LogP) is 6.46. The van der Waals surface area contributed by atoms with Gasteiger partial charge in [-0.2, -0.15) is 15.5 Å². The van der Waals surface area contributed by atoms with Gasteiger partial charge in [0.2, 0.25) is 0 Å². The summed E-state index contributed by atoms with van der Waals surface area (Å²) in [5, 5.41) is 30.2. The van der Waals surface area contributed by atoms with Crippen LogP contribution in [0.15, 0.2) is 96.8 Å². The van der Waals surface area contributed by atoms with E-state index in [9.17, 15) is 33.2 Å². The lowest BCUT2D eigenvalue weighted by atomic mass is 9.87. The molecule has 0 unspecified atom stereocenters. The van der Waals surface area contributed by atoms with Crippen molar-refractivity contribution in [3.05, 3.63) is 120 Å². The number of benzene rings is 3. The molecule has 7 rings (SSSR count). The second-order valence-corrected chi connectivity index (χ2v) is 15.1. The Morgan fingerprint density at radius 1 is 0.869 bits per heavy atom. The van der Waals surface area contributed by atoms with Gasteiger partial charge in [-0.15, -0.1) is 6.58 Å². The molecule has 6 amide bonds. The van der Waals surface area contributed by atoms with Crippen LogP contribution in [-0.4, -0.2) is 85.1 Å². The van der Waals surface area contributed by atoms with E-state index < -0.39 is 40.6 Å². The van der Waals surface area contributed by atoms with Gasteiger partial charge in [-0.1, -0.05) is 24.3 Å². The first kappa shape index (κ1) is 41.3. The Balaban J connectivity index is 1.02. The topological polar surface area (TPSA) is 221 Å². The highest BCUT2D eigenvalue weighted by Crippen LogP contribution is 2.36. The number of carbonyl (C=O) groups excluding carboxylic acids is 4. The molecule has 6 N–H and O–H groups in total. The minimum atomic E-state index is -0.912. The molecular formula is C42H41F2N13O4. The van der Waals surface area contributed by atoms with Gasteiger partial charge in [0.25, 0.3) is 11.8 Å². The number of hydrogen-bond acceptors (Lipinski definition) is 9. The Hall–Kier alpha value is -7.88. The zero-order valence-corrected chi connectivity index (χ0v) is 33.4. The van der Waals surface area contributed by atoms with E-state index in [0.29, 0.717) is 28.8 Å². The molecule has 2 saturated heterocycles. The summed E-state index contributed by atoms with van der Waals surface area (Å²) in [5.41, 5.74) is 7.10. The number of para-hydroxylation sites is 1. The van der Waals surface area contributed by atoms with Gasteiger partial charge in [0.1, 0.15) is 33.8 Å². The zero-order valence-electron chi connectivity index (χ0n) is 33.4. The Bertz CT molecular complexity index is 2630. The Labute approximate surface area is 348 Å². The van der Waals surface area contributed by atoms with Crippen molar-refractivity contribution in [2.75, 3.05) is 47.4 Å². The summed E-state index contributed by atoms with van der Waals surface area (Å²) in [6, 6.07) is 18.0. The minimum absolute atomic E-state index is 0.0178. The normalized spacial score (nSPS) is 14.7. The van der Waals surface area contributed by atoms with E-state index in [1.54, 1.807) is 55.2 Å². The van der Waals surface area contributed by atoms with E-state index in [2.05, 4.69) is 49.1 Å². The quantitative estimate of drug-likeness (QED) is 0.0692. The molecule has 0 aliphatic carbocycles. The van der Waals surface area contributed by atoms with Crippen molar-refractivity contribution in [2.24, 2.45) is 10.7 Å². The molecule has 0 saturated carbocycles. The summed E-state index contributed by atoms with van der Waals surface area (Å²) in [7, 11) is 0. The number of carbonyl (C=O) groups is 4. The van der Waals surface area contributed by atoms with Crippen LogP contribution in [0, 0.1) is 29.9 Å². The number of aryl methyl sites for hydroxylation is 1. The second kappa shape index (κ2) is 16.4. The number of likely N-dealkylation sites (tertiary alicyclic amines) is 2. The van der Waals surface area contributed by atoms with Crippen molar-refractivity contribution in [2.45, 2.75) is 38.3 Å². The molecule has 0 bridgehead atoms. The number of anilines is 5. The SMILES string of the molecule is C=CC1(n2cc(C(=O)Nc3ccc(Nc4nn(C5(CC#N)CN(C(=O)Nc6ccccc6C)C5)cc4C(N)=O)cc3)c(N=C(C)C)n2)CN(C(=O)Nc2ccc(F)cc2F)C1. The number of nitrogens with two attached hydrogens (primary N) is 1. The number of aromatic nitrogens is 4. The first-order valence-corrected chi connectivity index (χ1v) is 19.0. The van der Waals surface area contributed by atoms with Crippen LogP contribution in [0.1, 0.15) is 46.5 Å². The molecule has 4 heterocycles. The molecule has 3 aromatic carbocycles. The van der Waals surface area contributed by atoms with Crippen LogP contribution in [0.3, 0.4) is 0 Å². The van der Waals surface area contributed by atoms with Gasteiger partial charge in [0, 0.05) is 41.2 Å². The monoisotopic (exact) mass is 829 g/mol. The van der Waals surface area contributed by atoms with Gasteiger partial charge < -0.3 is 36.8 Å². The summed E-state index contributed by atoms with van der Waals surface area (Å²) in [4.78, 5) is 59.6. The van der Waals surface area contributed by atoms with E-state index in [1.807, 2.05) is 25.1 Å². The van der Waals surface area contributed by atoms with Gasteiger partial charge in [0.05, 0.1) is 44.4 Å². The lowest BCUT2D eigenvalue weighted by Crippen LogP contribution is -2.65. The average molecular weight is 830 g/mol. The Kier molecular flexibility index (Phi) is 11.1. The lowest BCUT2D eigenvalue weighted by molar-refractivity contribution is 0.0401. The third-order valence-electron chi connectivity index (χ3n) is 10.4. The van der Waals surface area contributed by atoms with Gasteiger partial charge in [0.15, 0.2) is 11.6 Å². The molecule has 2 aromatic heterocycles. The summed E-state index contributed by atoms with van der Waals surface area (Å²) < 4.78 is 30.5. The number of halogens is 2. The van der Waals surface area contributed by atoms with E-state index in [4.69, 9.17) is 5.73 Å². The average Bonchev–Trinajstić information content (AvgIpc) is 3.80. The van der Waals surface area contributed by atoms with Gasteiger partial charge in [-0.05, 0) is 68.8 Å². The smallest absolute Gasteiger partial charge is 0.322 e. The third-order valence-corrected chi connectivity index (χ3v) is 10.4. The number of urea groups is 2. The van der Waals surface area contributed by atoms with Crippen LogP contribution in [0.4, 0.5) is 52.8 Å². The number of nitrogens with zero attached hydrogens (tertiary/aromatic N) is 8. The van der Waals surface area contributed by atoms with Crippen LogP contribution in [0.25, 0.3) is 0 Å². The highest BCUT2D eigenvalue weighted by Gasteiger charge is 2.49. The molecular weight excluding hydrogens is 789 g/mol. The molecule has 5 aromatic rings. The first-order chi connectivity index (χ1) is 29.1. The standard InChI is InChI=1S/C42H41F2N13O4/c1-5-41(21-54(22-41)40(61)51-34-15-10-27(43)18-32(34)44)56-20-31(37(53-56)47-25(2)3)38(59)49-29-13-11-28(12-14-29)48-36-30(35(46)58)19-57(52-36)42(16-17-45)23-55(24-42)39(60)50-33-9-7-6-8-26(33)4/h5-15,18-20H,1,16,21-24H2,2-4H3,(H2,46,58)(H,48,52)(H,49,59)(H,50,60)(H,51,61). The number of nitrogens with one attached hydrogen (secondary N) is 4. The van der Waals surface area contributed by atoms with Crippen molar-refractivity contribution in [3.63, 3.8) is 0 Å². The van der Waals surface area contributed by atoms with Gasteiger partial charge in [-0.25, -0.2) is 23.4 Å². The summed E-state index contributed by atoms with van der Waals surface area (Å²) in [6.07, 6.45) is 4.60. The molecule has 312 valence electrons. The number of primary amides is 1. The molecule has 0 radical (unpaired) electrons. The molecule has 0 atom stereocenters.